The van der Waals surface area contributed by atoms with Crippen molar-refractivity contribution in [3.8, 4) is 5.75 Å². The van der Waals surface area contributed by atoms with E-state index in [0.717, 1.165) is 11.3 Å². The van der Waals surface area contributed by atoms with Crippen LogP contribution in [-0.4, -0.2) is 38.5 Å². The van der Waals surface area contributed by atoms with Gasteiger partial charge in [-0.25, -0.2) is 0 Å². The van der Waals surface area contributed by atoms with Crippen molar-refractivity contribution >= 4 is 17.2 Å². The largest absolute Gasteiger partial charge is 0.497 e. The molecule has 0 aliphatic heterocycles. The number of methoxy groups -OCH3 is 1. The van der Waals surface area contributed by atoms with E-state index in [-0.39, 0.29) is 17.5 Å². The quantitative estimate of drug-likeness (QED) is 0.429. The third-order valence-electron chi connectivity index (χ3n) is 4.31. The second kappa shape index (κ2) is 8.44. The first-order valence-electron chi connectivity index (χ1n) is 8.30. The Kier molecular flexibility index (Phi) is 6.30. The molecule has 0 fully saturated rings. The standard InChI is InChI=1S/C19H23N3O4/c1-13(23)15-7-10-17(18(11-15)22(24)25)20-12-19(21(2)3)14-5-8-16(26-4)9-6-14/h5-11,19-20H,12H2,1-4H3/p+1/t19-/m1/s1. The van der Waals surface area contributed by atoms with Crippen molar-refractivity contribution in [2.24, 2.45) is 0 Å². The topological polar surface area (TPSA) is 85.9 Å². The number of nitro groups is 1. The Balaban J connectivity index is 2.23. The molecule has 0 spiro atoms. The van der Waals surface area contributed by atoms with Gasteiger partial charge in [0.15, 0.2) is 5.78 Å². The zero-order valence-electron chi connectivity index (χ0n) is 15.4. The van der Waals surface area contributed by atoms with Crippen molar-refractivity contribution in [3.05, 3.63) is 63.7 Å². The number of likely N-dealkylation sites (N-methyl/N-ethyl adjacent to an activating group) is 1. The summed E-state index contributed by atoms with van der Waals surface area (Å²) in [5.74, 6) is 0.582. The van der Waals surface area contributed by atoms with Crippen LogP contribution in [0.4, 0.5) is 11.4 Å². The summed E-state index contributed by atoms with van der Waals surface area (Å²) in [6, 6.07) is 12.4. The molecule has 2 N–H and O–H groups in total. The lowest BCUT2D eigenvalue weighted by molar-refractivity contribution is -0.890. The number of hydrogen-bond donors (Lipinski definition) is 2. The number of carbonyl (C=O) groups excluding carboxylic acids is 1. The molecule has 7 heteroatoms. The van der Waals surface area contributed by atoms with Crippen LogP contribution in [0.2, 0.25) is 0 Å². The number of hydrogen-bond acceptors (Lipinski definition) is 5. The zero-order valence-corrected chi connectivity index (χ0v) is 15.4. The fourth-order valence-electron chi connectivity index (χ4n) is 2.75. The summed E-state index contributed by atoms with van der Waals surface area (Å²) < 4.78 is 5.19. The number of benzene rings is 2. The van der Waals surface area contributed by atoms with Gasteiger partial charge in [-0.2, -0.15) is 0 Å². The summed E-state index contributed by atoms with van der Waals surface area (Å²) in [4.78, 5) is 23.5. The number of ether oxygens (including phenoxy) is 1. The number of quaternary nitrogens is 1. The van der Waals surface area contributed by atoms with Crippen LogP contribution in [0, 0.1) is 10.1 Å². The van der Waals surface area contributed by atoms with Gasteiger partial charge in [-0.15, -0.1) is 0 Å². The fraction of sp³-hybridized carbons (Fsp3) is 0.316. The second-order valence-electron chi connectivity index (χ2n) is 6.33. The second-order valence-corrected chi connectivity index (χ2v) is 6.33. The first-order chi connectivity index (χ1) is 12.3. The highest BCUT2D eigenvalue weighted by atomic mass is 16.6. The van der Waals surface area contributed by atoms with Crippen LogP contribution in [0.3, 0.4) is 0 Å². The Bertz CT molecular complexity index is 788. The van der Waals surface area contributed by atoms with Crippen molar-refractivity contribution in [1.29, 1.82) is 0 Å². The molecule has 0 radical (unpaired) electrons. The lowest BCUT2D eigenvalue weighted by Crippen LogP contribution is -3.06. The summed E-state index contributed by atoms with van der Waals surface area (Å²) in [6.07, 6.45) is 0. The monoisotopic (exact) mass is 358 g/mol. The third-order valence-corrected chi connectivity index (χ3v) is 4.31. The maximum atomic E-state index is 11.5. The molecule has 138 valence electrons. The molecular formula is C19H24N3O4+. The summed E-state index contributed by atoms with van der Waals surface area (Å²) in [5, 5.41) is 14.5. The van der Waals surface area contributed by atoms with Crippen LogP contribution >= 0.6 is 0 Å². The Morgan fingerprint density at radius 2 is 1.88 bits per heavy atom. The molecule has 0 heterocycles. The number of nitrogens with one attached hydrogen (secondary N) is 2. The van der Waals surface area contributed by atoms with Gasteiger partial charge >= 0.3 is 0 Å². The number of anilines is 1. The summed E-state index contributed by atoms with van der Waals surface area (Å²) >= 11 is 0. The highest BCUT2D eigenvalue weighted by molar-refractivity contribution is 5.95. The average Bonchev–Trinajstić information content (AvgIpc) is 2.62. The van der Waals surface area contributed by atoms with Crippen molar-refractivity contribution < 1.29 is 19.4 Å². The molecule has 0 aromatic heterocycles. The van der Waals surface area contributed by atoms with E-state index in [1.54, 1.807) is 19.2 Å². The molecule has 7 nitrogen and oxygen atoms in total. The maximum Gasteiger partial charge on any atom is 0.293 e. The Morgan fingerprint density at radius 1 is 1.23 bits per heavy atom. The van der Waals surface area contributed by atoms with Crippen molar-refractivity contribution in [3.63, 3.8) is 0 Å². The maximum absolute atomic E-state index is 11.5. The summed E-state index contributed by atoms with van der Waals surface area (Å²) in [5.41, 5.74) is 1.73. The number of carbonyl (C=O) groups is 1. The molecule has 0 aliphatic rings. The Morgan fingerprint density at radius 3 is 2.38 bits per heavy atom. The molecule has 1 atom stereocenters. The first kappa shape index (κ1) is 19.4. The van der Waals surface area contributed by atoms with E-state index < -0.39 is 4.92 Å². The van der Waals surface area contributed by atoms with Crippen LogP contribution < -0.4 is 15.0 Å². The first-order valence-corrected chi connectivity index (χ1v) is 8.30. The van der Waals surface area contributed by atoms with E-state index in [1.807, 2.05) is 38.4 Å². The van der Waals surface area contributed by atoms with Gasteiger partial charge in [0.05, 0.1) is 32.7 Å². The van der Waals surface area contributed by atoms with E-state index in [9.17, 15) is 14.9 Å². The molecule has 2 rings (SSSR count). The van der Waals surface area contributed by atoms with Crippen LogP contribution in [0.15, 0.2) is 42.5 Å². The van der Waals surface area contributed by atoms with Crippen LogP contribution in [-0.2, 0) is 0 Å². The lowest BCUT2D eigenvalue weighted by Gasteiger charge is -2.23. The molecule has 0 unspecified atom stereocenters. The number of nitro benzene ring substituents is 1. The lowest BCUT2D eigenvalue weighted by atomic mass is 10.1. The van der Waals surface area contributed by atoms with Gasteiger partial charge in [0, 0.05) is 17.2 Å². The Hall–Kier alpha value is -2.93. The third kappa shape index (κ3) is 4.58. The van der Waals surface area contributed by atoms with Crippen LogP contribution in [0.1, 0.15) is 28.9 Å². The SMILES string of the molecule is COc1ccc([C@@H](CNc2ccc(C(C)=O)cc2[N+](=O)[O-])[NH+](C)C)cc1. The minimum absolute atomic E-state index is 0.0907. The number of ketones is 1. The normalized spacial score (nSPS) is 11.9. The van der Waals surface area contributed by atoms with E-state index >= 15 is 0 Å². The van der Waals surface area contributed by atoms with Gasteiger partial charge in [-0.1, -0.05) is 0 Å². The van der Waals surface area contributed by atoms with E-state index in [4.69, 9.17) is 4.74 Å². The smallest absolute Gasteiger partial charge is 0.293 e. The van der Waals surface area contributed by atoms with Gasteiger partial charge in [0.1, 0.15) is 17.5 Å². The minimum atomic E-state index is -0.473. The van der Waals surface area contributed by atoms with Crippen molar-refractivity contribution in [2.75, 3.05) is 33.1 Å². The zero-order chi connectivity index (χ0) is 19.3. The highest BCUT2D eigenvalue weighted by Gasteiger charge is 2.21. The minimum Gasteiger partial charge on any atom is -0.497 e. The molecule has 2 aromatic carbocycles. The average molecular weight is 358 g/mol. The summed E-state index contributed by atoms with van der Waals surface area (Å²) in [7, 11) is 5.68. The van der Waals surface area contributed by atoms with Crippen molar-refractivity contribution in [2.45, 2.75) is 13.0 Å². The Labute approximate surface area is 152 Å². The molecule has 2 aromatic rings. The van der Waals surface area contributed by atoms with Gasteiger partial charge < -0.3 is 15.0 Å². The predicted molar refractivity (Wildman–Crippen MR) is 100 cm³/mol. The molecule has 0 amide bonds. The van der Waals surface area contributed by atoms with E-state index in [1.165, 1.54) is 17.9 Å². The summed E-state index contributed by atoms with van der Waals surface area (Å²) in [6.45, 7) is 1.90. The van der Waals surface area contributed by atoms with Gasteiger partial charge in [0.25, 0.3) is 5.69 Å². The molecule has 0 saturated heterocycles. The van der Waals surface area contributed by atoms with E-state index in [0.29, 0.717) is 17.8 Å². The molecule has 0 aliphatic carbocycles. The predicted octanol–water partition coefficient (Wildman–Crippen LogP) is 2.10. The van der Waals surface area contributed by atoms with Gasteiger partial charge in [-0.3, -0.25) is 14.9 Å². The van der Waals surface area contributed by atoms with Crippen LogP contribution in [0.25, 0.3) is 0 Å². The van der Waals surface area contributed by atoms with Crippen molar-refractivity contribution in [1.82, 2.24) is 0 Å². The fourth-order valence-corrected chi connectivity index (χ4v) is 2.75. The molecule has 0 saturated carbocycles. The van der Waals surface area contributed by atoms with Crippen LogP contribution in [0.5, 0.6) is 5.75 Å². The number of rotatable bonds is 8. The molecule has 26 heavy (non-hydrogen) atoms. The van der Waals surface area contributed by atoms with Gasteiger partial charge in [0.2, 0.25) is 0 Å². The van der Waals surface area contributed by atoms with E-state index in [2.05, 4.69) is 5.32 Å². The number of Topliss-reactive ketones (excluding diaryl/α,β-unsaturated/α-hetero) is 1. The number of nitrogens with zero attached hydrogens (tertiary/aromatic N) is 1. The van der Waals surface area contributed by atoms with Gasteiger partial charge in [-0.05, 0) is 43.3 Å². The highest BCUT2D eigenvalue weighted by Crippen LogP contribution is 2.26. The molecular weight excluding hydrogens is 334 g/mol. The molecule has 0 bridgehead atoms.